The zero-order valence-electron chi connectivity index (χ0n) is 20.2. The van der Waals surface area contributed by atoms with Gasteiger partial charge in [-0.05, 0) is 75.9 Å². The highest BCUT2D eigenvalue weighted by molar-refractivity contribution is 5.89. The number of likely N-dealkylation sites (tertiary alicyclic amines) is 1. The quantitative estimate of drug-likeness (QED) is 0.615. The summed E-state index contributed by atoms with van der Waals surface area (Å²) >= 11 is 0. The van der Waals surface area contributed by atoms with Gasteiger partial charge in [-0.15, -0.1) is 0 Å². The van der Waals surface area contributed by atoms with Crippen molar-refractivity contribution in [2.45, 2.75) is 63.1 Å². The lowest BCUT2D eigenvalue weighted by Gasteiger charge is -2.46. The minimum atomic E-state index is -0.730. The van der Waals surface area contributed by atoms with Crippen LogP contribution in [0.5, 0.6) is 11.5 Å². The molecule has 2 N–H and O–H groups in total. The van der Waals surface area contributed by atoms with Crippen LogP contribution in [0.3, 0.4) is 0 Å². The monoisotopic (exact) mass is 473 g/mol. The van der Waals surface area contributed by atoms with Crippen molar-refractivity contribution < 1.29 is 23.0 Å². The molecule has 0 radical (unpaired) electrons. The van der Waals surface area contributed by atoms with Crippen LogP contribution in [0.15, 0.2) is 36.4 Å². The van der Waals surface area contributed by atoms with Crippen molar-refractivity contribution in [1.29, 1.82) is 0 Å². The van der Waals surface area contributed by atoms with Crippen LogP contribution in [0.1, 0.15) is 45.1 Å². The molecule has 4 rings (SSSR count). The summed E-state index contributed by atoms with van der Waals surface area (Å²) in [6, 6.07) is 9.29. The van der Waals surface area contributed by atoms with Crippen molar-refractivity contribution >= 4 is 11.7 Å². The molecular formula is C26H33F2N3O3. The Balaban J connectivity index is 1.53. The fourth-order valence-corrected chi connectivity index (χ4v) is 5.79. The van der Waals surface area contributed by atoms with E-state index in [1.165, 1.54) is 5.56 Å². The van der Waals surface area contributed by atoms with Gasteiger partial charge < -0.3 is 20.1 Å². The number of ether oxygens (including phenoxy) is 2. The standard InChI is InChI=1S/C26H33F2N3O3/c1-16(2)31-10-9-26(17-5-6-22(33-3)23(11-17)34-4)8-7-20(15-24(26)31)29-25(32)30-21-13-18(27)12-19(28)14-21/h5-6,11-14,16,20,24H,7-10,15H2,1-4H3,(H2,29,30,32)/t20-,24+,26-/m0/s1. The van der Waals surface area contributed by atoms with Crippen LogP contribution in [-0.2, 0) is 5.41 Å². The lowest BCUT2D eigenvalue weighted by atomic mass is 9.65. The first-order chi connectivity index (χ1) is 16.3. The molecule has 8 heteroatoms. The summed E-state index contributed by atoms with van der Waals surface area (Å²) in [5.41, 5.74) is 1.29. The largest absolute Gasteiger partial charge is 0.493 e. The smallest absolute Gasteiger partial charge is 0.319 e. The highest BCUT2D eigenvalue weighted by Gasteiger charge is 2.52. The predicted octanol–water partition coefficient (Wildman–Crippen LogP) is 5.08. The predicted molar refractivity (Wildman–Crippen MR) is 128 cm³/mol. The van der Waals surface area contributed by atoms with Gasteiger partial charge >= 0.3 is 6.03 Å². The Bertz CT molecular complexity index is 1030. The number of urea groups is 1. The van der Waals surface area contributed by atoms with E-state index in [0.29, 0.717) is 11.8 Å². The van der Waals surface area contributed by atoms with Crippen LogP contribution in [0.4, 0.5) is 19.3 Å². The van der Waals surface area contributed by atoms with Crippen molar-refractivity contribution in [2.75, 3.05) is 26.1 Å². The summed E-state index contributed by atoms with van der Waals surface area (Å²) in [6.07, 6.45) is 3.54. The molecule has 184 valence electrons. The summed E-state index contributed by atoms with van der Waals surface area (Å²) in [5, 5.41) is 5.58. The van der Waals surface area contributed by atoms with Crippen LogP contribution in [-0.4, -0.2) is 49.8 Å². The number of methoxy groups -OCH3 is 2. The molecule has 1 aliphatic heterocycles. The number of hydrogen-bond donors (Lipinski definition) is 2. The maximum absolute atomic E-state index is 13.5. The molecule has 1 saturated heterocycles. The summed E-state index contributed by atoms with van der Waals surface area (Å²) in [5.74, 6) is -0.0332. The van der Waals surface area contributed by atoms with E-state index in [2.05, 4.69) is 41.5 Å². The van der Waals surface area contributed by atoms with Gasteiger partial charge in [-0.2, -0.15) is 0 Å². The van der Waals surface area contributed by atoms with Gasteiger partial charge in [0.25, 0.3) is 0 Å². The number of carbonyl (C=O) groups excluding carboxylic acids is 1. The number of nitrogens with zero attached hydrogens (tertiary/aromatic N) is 1. The summed E-state index contributed by atoms with van der Waals surface area (Å²) in [7, 11) is 3.28. The molecule has 6 nitrogen and oxygen atoms in total. The third kappa shape index (κ3) is 4.69. The summed E-state index contributed by atoms with van der Waals surface area (Å²) in [4.78, 5) is 15.1. The second kappa shape index (κ2) is 9.78. The van der Waals surface area contributed by atoms with Gasteiger partial charge in [-0.1, -0.05) is 6.07 Å². The van der Waals surface area contributed by atoms with Gasteiger partial charge in [-0.3, -0.25) is 4.90 Å². The lowest BCUT2D eigenvalue weighted by molar-refractivity contribution is 0.113. The Hall–Kier alpha value is -2.87. The highest BCUT2D eigenvalue weighted by Crippen LogP contribution is 2.50. The minimum absolute atomic E-state index is 0.0375. The number of nitrogens with one attached hydrogen (secondary N) is 2. The normalized spacial score (nSPS) is 24.6. The van der Waals surface area contributed by atoms with Crippen molar-refractivity contribution in [3.05, 3.63) is 53.6 Å². The number of rotatable bonds is 6. The number of amides is 2. The SMILES string of the molecule is COc1ccc([C@@]23CC[C@H](NC(=O)Nc4cc(F)cc(F)c4)C[C@H]2N(C(C)C)CC3)cc1OC. The van der Waals surface area contributed by atoms with Gasteiger partial charge in [0, 0.05) is 35.3 Å². The fraction of sp³-hybridized carbons (Fsp3) is 0.500. The molecule has 1 saturated carbocycles. The molecule has 3 atom stereocenters. The number of halogens is 2. The zero-order chi connectivity index (χ0) is 24.5. The third-order valence-electron chi connectivity index (χ3n) is 7.38. The highest BCUT2D eigenvalue weighted by atomic mass is 19.1. The minimum Gasteiger partial charge on any atom is -0.493 e. The Morgan fingerprint density at radius 2 is 1.76 bits per heavy atom. The Morgan fingerprint density at radius 3 is 2.41 bits per heavy atom. The van der Waals surface area contributed by atoms with Gasteiger partial charge in [-0.25, -0.2) is 13.6 Å². The molecule has 2 aromatic carbocycles. The number of anilines is 1. The second-order valence-corrected chi connectivity index (χ2v) is 9.55. The van der Waals surface area contributed by atoms with Gasteiger partial charge in [0.1, 0.15) is 11.6 Å². The molecule has 0 bridgehead atoms. The van der Waals surface area contributed by atoms with E-state index >= 15 is 0 Å². The van der Waals surface area contributed by atoms with Gasteiger partial charge in [0.15, 0.2) is 11.5 Å². The summed E-state index contributed by atoms with van der Waals surface area (Å²) in [6.45, 7) is 5.39. The van der Waals surface area contributed by atoms with Crippen molar-refractivity contribution in [1.82, 2.24) is 10.2 Å². The van der Waals surface area contributed by atoms with Crippen LogP contribution in [0.25, 0.3) is 0 Å². The molecule has 2 fully saturated rings. The van der Waals surface area contributed by atoms with Crippen molar-refractivity contribution in [2.24, 2.45) is 0 Å². The van der Waals surface area contributed by atoms with Crippen molar-refractivity contribution in [3.63, 3.8) is 0 Å². The second-order valence-electron chi connectivity index (χ2n) is 9.55. The van der Waals surface area contributed by atoms with Crippen LogP contribution < -0.4 is 20.1 Å². The molecule has 2 aromatic rings. The van der Waals surface area contributed by atoms with E-state index in [1.54, 1.807) is 14.2 Å². The first-order valence-corrected chi connectivity index (χ1v) is 11.8. The van der Waals surface area contributed by atoms with Crippen LogP contribution in [0, 0.1) is 11.6 Å². The number of hydrogen-bond acceptors (Lipinski definition) is 4. The van der Waals surface area contributed by atoms with E-state index in [0.717, 1.165) is 56.2 Å². The molecular weight excluding hydrogens is 440 g/mol. The Labute approximate surface area is 199 Å². The third-order valence-corrected chi connectivity index (χ3v) is 7.38. The van der Waals surface area contributed by atoms with E-state index in [-0.39, 0.29) is 23.2 Å². The lowest BCUT2D eigenvalue weighted by Crippen LogP contribution is -2.54. The average Bonchev–Trinajstić information content (AvgIpc) is 3.18. The Morgan fingerprint density at radius 1 is 1.06 bits per heavy atom. The van der Waals surface area contributed by atoms with Crippen LogP contribution >= 0.6 is 0 Å². The van der Waals surface area contributed by atoms with E-state index in [4.69, 9.17) is 9.47 Å². The number of carbonyl (C=O) groups is 1. The molecule has 34 heavy (non-hydrogen) atoms. The number of benzene rings is 2. The van der Waals surface area contributed by atoms with E-state index in [1.807, 2.05) is 6.07 Å². The zero-order valence-corrected chi connectivity index (χ0v) is 20.2. The van der Waals surface area contributed by atoms with Crippen LogP contribution in [0.2, 0.25) is 0 Å². The molecule has 0 unspecified atom stereocenters. The molecule has 2 amide bonds. The maximum Gasteiger partial charge on any atom is 0.319 e. The van der Waals surface area contributed by atoms with Gasteiger partial charge in [0.05, 0.1) is 14.2 Å². The molecule has 1 heterocycles. The van der Waals surface area contributed by atoms with Gasteiger partial charge in [0.2, 0.25) is 0 Å². The number of fused-ring (bicyclic) bond motifs is 1. The topological polar surface area (TPSA) is 62.8 Å². The first kappa shape index (κ1) is 24.3. The average molecular weight is 474 g/mol. The van der Waals surface area contributed by atoms with E-state index < -0.39 is 17.7 Å². The van der Waals surface area contributed by atoms with Crippen molar-refractivity contribution in [3.8, 4) is 11.5 Å². The molecule has 1 aliphatic carbocycles. The molecule has 2 aliphatic rings. The summed E-state index contributed by atoms with van der Waals surface area (Å²) < 4.78 is 38.0. The molecule has 0 spiro atoms. The fourth-order valence-electron chi connectivity index (χ4n) is 5.79. The first-order valence-electron chi connectivity index (χ1n) is 11.8. The maximum atomic E-state index is 13.5. The van der Waals surface area contributed by atoms with E-state index in [9.17, 15) is 13.6 Å². The Kier molecular flexibility index (Phi) is 6.98. The molecule has 0 aromatic heterocycles.